The van der Waals surface area contributed by atoms with Crippen molar-refractivity contribution in [2.24, 2.45) is 0 Å². The fourth-order valence-electron chi connectivity index (χ4n) is 10.7. The van der Waals surface area contributed by atoms with Gasteiger partial charge in [0, 0.05) is 13.1 Å². The highest BCUT2D eigenvalue weighted by atomic mass is 35.5. The second-order valence-electron chi connectivity index (χ2n) is 20.7. The zero-order valence-corrected chi connectivity index (χ0v) is 47.2. The van der Waals surface area contributed by atoms with Gasteiger partial charge in [-0.2, -0.15) is 0 Å². The van der Waals surface area contributed by atoms with E-state index < -0.39 is 48.5 Å². The van der Waals surface area contributed by atoms with E-state index in [2.05, 4.69) is 76.8 Å². The molecule has 426 valence electrons. The van der Waals surface area contributed by atoms with Crippen LogP contribution in [0, 0.1) is 0 Å². The summed E-state index contributed by atoms with van der Waals surface area (Å²) in [6, 6.07) is 11.4. The van der Waals surface area contributed by atoms with Gasteiger partial charge in [-0.15, -0.1) is 35.0 Å². The lowest BCUT2D eigenvalue weighted by Gasteiger charge is -2.33. The monoisotopic (exact) mass is 1120 g/mol. The summed E-state index contributed by atoms with van der Waals surface area (Å²) in [7, 11) is 3.32. The molecule has 4 aliphatic rings. The van der Waals surface area contributed by atoms with Crippen LogP contribution in [0.4, 0.5) is 0 Å². The molecule has 2 aliphatic heterocycles. The van der Waals surface area contributed by atoms with Crippen molar-refractivity contribution in [1.29, 1.82) is 0 Å². The number of halogens is 2. The maximum atomic E-state index is 14.4. The molecule has 8 rings (SSSR count). The van der Waals surface area contributed by atoms with Gasteiger partial charge in [-0.25, -0.2) is 0 Å². The molecule has 78 heavy (non-hydrogen) atoms. The topological polar surface area (TPSA) is 261 Å². The Morgan fingerprint density at radius 2 is 0.974 bits per heavy atom. The molecule has 0 spiro atoms. The fourth-order valence-corrected chi connectivity index (χ4v) is 10.7. The number of ether oxygens (including phenoxy) is 2. The summed E-state index contributed by atoms with van der Waals surface area (Å²) < 4.78 is 15.7. The summed E-state index contributed by atoms with van der Waals surface area (Å²) in [5, 5.41) is 35.1. The number of amides is 6. The maximum Gasteiger partial charge on any atom is 0.248 e. The Morgan fingerprint density at radius 1 is 0.577 bits per heavy atom. The number of likely N-dealkylation sites (tertiary alicyclic amines) is 2. The van der Waals surface area contributed by atoms with Crippen molar-refractivity contribution in [3.05, 3.63) is 94.6 Å². The van der Waals surface area contributed by atoms with Crippen molar-refractivity contribution >= 4 is 60.3 Å². The quantitative estimate of drug-likeness (QED) is 0.0625. The number of aryl methyl sites for hydroxylation is 4. The number of likely N-dealkylation sites (N-methyl/N-ethyl adjacent to an activating group) is 2. The van der Waals surface area contributed by atoms with Crippen molar-refractivity contribution in [3.63, 3.8) is 0 Å². The van der Waals surface area contributed by atoms with Gasteiger partial charge in [0.1, 0.15) is 35.6 Å². The van der Waals surface area contributed by atoms with Gasteiger partial charge in [0.15, 0.2) is 0 Å². The van der Waals surface area contributed by atoms with Crippen molar-refractivity contribution in [2.75, 3.05) is 27.2 Å². The molecule has 0 bridgehead atoms. The Labute approximate surface area is 468 Å². The van der Waals surface area contributed by atoms with E-state index in [1.54, 1.807) is 73.3 Å². The molecule has 2 aromatic carbocycles. The molecule has 0 radical (unpaired) electrons. The van der Waals surface area contributed by atoms with Gasteiger partial charge in [-0.3, -0.25) is 38.1 Å². The molecule has 2 saturated heterocycles. The molecule has 6 N–H and O–H groups in total. The first-order valence-corrected chi connectivity index (χ1v) is 27.1. The lowest BCUT2D eigenvalue weighted by Crippen LogP contribution is -2.59. The standard InChI is InChI=1S/C54H76N14O8.2ClH/c1-33(55-5)49(69)59-47(53(73)67-25-13-23-45(67)51(71)57-43-21-11-17-37-15-7-9-19-41(37)43)35(3)75-31-39-29-65(63-61-39)27-28-66-30-40(62-64-66)32-76-36(4)48(60-50(70)34(2)56-6)54(74)68-26-14-24-46(68)52(72)58-44-22-12-18-38-16-8-10-20-42(38)44;;/h7-10,15-16,19-20,29-30,33-36,43-48,55-56H,11-14,17-18,21-28,31-32H2,1-6H3,(H,57,71)(H,58,72)(H,59,69)(H,60,70);2*1H/t33-,34-,35+,36+,43+,44+,45-,46-,47-,48-;;/m0../s1. The van der Waals surface area contributed by atoms with Gasteiger partial charge in [0.2, 0.25) is 35.4 Å². The average molecular weight is 1120 g/mol. The van der Waals surface area contributed by atoms with E-state index in [0.29, 0.717) is 63.3 Å². The van der Waals surface area contributed by atoms with Crippen LogP contribution in [0.5, 0.6) is 0 Å². The molecule has 24 heteroatoms. The van der Waals surface area contributed by atoms with Gasteiger partial charge < -0.3 is 51.2 Å². The predicted molar refractivity (Wildman–Crippen MR) is 294 cm³/mol. The van der Waals surface area contributed by atoms with Crippen molar-refractivity contribution in [3.8, 4) is 0 Å². The van der Waals surface area contributed by atoms with Crippen molar-refractivity contribution < 1.29 is 38.2 Å². The number of carbonyl (C=O) groups excluding carboxylic acids is 6. The van der Waals surface area contributed by atoms with E-state index in [9.17, 15) is 28.8 Å². The van der Waals surface area contributed by atoms with E-state index in [1.165, 1.54) is 11.1 Å². The molecule has 4 heterocycles. The average Bonchev–Trinajstić information content (AvgIpc) is 4.31. The fraction of sp³-hybridized carbons (Fsp3) is 0.593. The minimum Gasteiger partial charge on any atom is -0.369 e. The number of rotatable bonds is 23. The number of benzene rings is 2. The first-order valence-electron chi connectivity index (χ1n) is 27.1. The first-order chi connectivity index (χ1) is 36.7. The Hall–Kier alpha value is -6.04. The van der Waals surface area contributed by atoms with E-state index >= 15 is 0 Å². The maximum absolute atomic E-state index is 14.4. The number of hydrogen-bond acceptors (Lipinski definition) is 14. The van der Waals surface area contributed by atoms with Gasteiger partial charge in [0.05, 0.1) is 75.1 Å². The third kappa shape index (κ3) is 15.0. The third-order valence-corrected chi connectivity index (χ3v) is 15.5. The summed E-state index contributed by atoms with van der Waals surface area (Å²) >= 11 is 0. The predicted octanol–water partition coefficient (Wildman–Crippen LogP) is 2.78. The molecule has 4 aromatic rings. The molecule has 22 nitrogen and oxygen atoms in total. The van der Waals surface area contributed by atoms with Crippen LogP contribution >= 0.6 is 24.8 Å². The highest BCUT2D eigenvalue weighted by Gasteiger charge is 2.43. The number of hydrogen-bond donors (Lipinski definition) is 6. The number of aromatic nitrogens is 6. The zero-order valence-electron chi connectivity index (χ0n) is 45.5. The van der Waals surface area contributed by atoms with Gasteiger partial charge in [-0.1, -0.05) is 59.0 Å². The van der Waals surface area contributed by atoms with Crippen LogP contribution in [0.15, 0.2) is 60.9 Å². The highest BCUT2D eigenvalue weighted by molar-refractivity contribution is 5.95. The molecule has 0 unspecified atom stereocenters. The van der Waals surface area contributed by atoms with Crippen LogP contribution in [0.3, 0.4) is 0 Å². The molecule has 2 fully saturated rings. The number of nitrogens with one attached hydrogen (secondary N) is 6. The summed E-state index contributed by atoms with van der Waals surface area (Å²) in [6.07, 6.45) is 9.70. The summed E-state index contributed by atoms with van der Waals surface area (Å²) in [5.41, 5.74) is 5.68. The summed E-state index contributed by atoms with van der Waals surface area (Å²) in [4.78, 5) is 86.0. The summed E-state index contributed by atoms with van der Waals surface area (Å²) in [5.74, 6) is -1.94. The number of carbonyl (C=O) groups is 6. The van der Waals surface area contributed by atoms with Crippen LogP contribution in [0.1, 0.15) is 125 Å². The van der Waals surface area contributed by atoms with Crippen LogP contribution in [0.2, 0.25) is 0 Å². The van der Waals surface area contributed by atoms with Crippen LogP contribution in [-0.4, -0.2) is 151 Å². The molecule has 2 aliphatic carbocycles. The van der Waals surface area contributed by atoms with E-state index in [1.807, 2.05) is 24.3 Å². The van der Waals surface area contributed by atoms with Crippen LogP contribution in [-0.2, 0) is 77.4 Å². The lowest BCUT2D eigenvalue weighted by atomic mass is 9.87. The van der Waals surface area contributed by atoms with E-state index in [0.717, 1.165) is 49.7 Å². The second kappa shape index (κ2) is 28.7. The minimum absolute atomic E-state index is 0. The Bertz CT molecular complexity index is 2500. The van der Waals surface area contributed by atoms with Gasteiger partial charge >= 0.3 is 0 Å². The molecule has 10 atom stereocenters. The molecular weight excluding hydrogens is 1040 g/mol. The molecule has 2 aromatic heterocycles. The minimum atomic E-state index is -1.08. The largest absolute Gasteiger partial charge is 0.369 e. The number of fused-ring (bicyclic) bond motifs is 2. The molecule has 0 saturated carbocycles. The van der Waals surface area contributed by atoms with Crippen molar-refractivity contribution in [2.45, 2.75) is 179 Å². The molecule has 6 amide bonds. The zero-order chi connectivity index (χ0) is 53.9. The third-order valence-electron chi connectivity index (χ3n) is 15.5. The molecular formula is C54H78Cl2N14O8. The highest BCUT2D eigenvalue weighted by Crippen LogP contribution is 2.32. The Balaban J connectivity index is 0.00000492. The first kappa shape index (κ1) is 61.2. The summed E-state index contributed by atoms with van der Waals surface area (Å²) in [6.45, 7) is 8.32. The van der Waals surface area contributed by atoms with Crippen LogP contribution in [0.25, 0.3) is 0 Å². The van der Waals surface area contributed by atoms with Crippen molar-refractivity contribution in [1.82, 2.24) is 71.7 Å². The Kier molecular flexibility index (Phi) is 22.5. The number of nitrogens with zero attached hydrogens (tertiary/aromatic N) is 8. The van der Waals surface area contributed by atoms with Crippen LogP contribution < -0.4 is 31.9 Å². The van der Waals surface area contributed by atoms with Gasteiger partial charge in [-0.05, 0) is 128 Å². The van der Waals surface area contributed by atoms with Gasteiger partial charge in [0.25, 0.3) is 0 Å². The normalized spacial score (nSPS) is 21.0. The SMILES string of the molecule is CN[C@@H](C)C(=O)N[C@H](C(=O)N1CCC[C@H]1C(=O)N[C@@H]1CCCc2ccccc21)[C@@H](C)OCc1cn(CCn2cc(CO[C@H](C)[C@H](NC(=O)[C@H](C)NC)C(=O)N3CCC[C@H]3C(=O)N[C@@H]3CCCc4ccccc43)nn2)nn1.Cl.Cl. The lowest BCUT2D eigenvalue weighted by molar-refractivity contribution is -0.145. The second-order valence-corrected chi connectivity index (χ2v) is 20.7. The smallest absolute Gasteiger partial charge is 0.248 e. The van der Waals surface area contributed by atoms with E-state index in [4.69, 9.17) is 9.47 Å². The van der Waals surface area contributed by atoms with E-state index in [-0.39, 0.29) is 85.6 Å². The Morgan fingerprint density at radius 3 is 1.37 bits per heavy atom.